The SMILES string of the molecule is CC(O)C(NC(=O)c1ccc(C#CC#Cc2ccc(NC(=O)CNc3cccc(F)c3)cc2)cc1)C(=O)NO. The van der Waals surface area contributed by atoms with Crippen molar-refractivity contribution in [1.82, 2.24) is 10.8 Å². The van der Waals surface area contributed by atoms with Crippen molar-refractivity contribution in [3.8, 4) is 23.7 Å². The monoisotopic (exact) mass is 528 g/mol. The van der Waals surface area contributed by atoms with Gasteiger partial charge in [0.2, 0.25) is 5.91 Å². The predicted molar refractivity (Wildman–Crippen MR) is 143 cm³/mol. The van der Waals surface area contributed by atoms with Crippen molar-refractivity contribution in [1.29, 1.82) is 0 Å². The summed E-state index contributed by atoms with van der Waals surface area (Å²) < 4.78 is 13.2. The van der Waals surface area contributed by atoms with Gasteiger partial charge in [-0.15, -0.1) is 0 Å². The standard InChI is InChI=1S/C29H25FN4O5/c1-19(35)27(29(38)34-39)33-28(37)22-13-9-20(10-14-22)5-2-3-6-21-11-15-24(16-12-21)32-26(36)18-31-25-8-4-7-23(30)17-25/h4,7-17,19,27,31,35,39H,18H2,1H3,(H,32,36)(H,33,37)(H,34,38). The van der Waals surface area contributed by atoms with E-state index in [1.54, 1.807) is 48.5 Å². The predicted octanol–water partition coefficient (Wildman–Crippen LogP) is 2.26. The lowest BCUT2D eigenvalue weighted by Gasteiger charge is -2.19. The first-order valence-electron chi connectivity index (χ1n) is 11.7. The Balaban J connectivity index is 1.51. The fourth-order valence-corrected chi connectivity index (χ4v) is 3.23. The molecule has 0 saturated carbocycles. The molecule has 3 amide bonds. The van der Waals surface area contributed by atoms with Crippen LogP contribution in [0, 0.1) is 29.5 Å². The third kappa shape index (κ3) is 9.02. The summed E-state index contributed by atoms with van der Waals surface area (Å²) in [5.74, 6) is 8.99. The molecule has 0 aliphatic rings. The summed E-state index contributed by atoms with van der Waals surface area (Å²) in [6, 6.07) is 17.6. The van der Waals surface area contributed by atoms with Crippen LogP contribution >= 0.6 is 0 Å². The fourth-order valence-electron chi connectivity index (χ4n) is 3.23. The Kier molecular flexibility index (Phi) is 10.2. The van der Waals surface area contributed by atoms with Crippen LogP contribution in [0.15, 0.2) is 72.8 Å². The summed E-state index contributed by atoms with van der Waals surface area (Å²) in [5, 5.41) is 26.3. The molecule has 198 valence electrons. The van der Waals surface area contributed by atoms with Crippen molar-refractivity contribution in [2.45, 2.75) is 19.1 Å². The number of hydroxylamine groups is 1. The maximum atomic E-state index is 13.2. The van der Waals surface area contributed by atoms with Gasteiger partial charge in [-0.25, -0.2) is 9.87 Å². The minimum atomic E-state index is -1.31. The Hall–Kier alpha value is -5.16. The highest BCUT2D eigenvalue weighted by Crippen LogP contribution is 2.11. The molecule has 2 atom stereocenters. The van der Waals surface area contributed by atoms with Crippen molar-refractivity contribution < 1.29 is 29.1 Å². The van der Waals surface area contributed by atoms with Gasteiger partial charge in [-0.05, 0) is 85.5 Å². The lowest BCUT2D eigenvalue weighted by molar-refractivity contribution is -0.133. The van der Waals surface area contributed by atoms with Crippen LogP contribution in [0.25, 0.3) is 0 Å². The molecule has 3 rings (SSSR count). The van der Waals surface area contributed by atoms with Gasteiger partial charge in [0, 0.05) is 28.1 Å². The van der Waals surface area contributed by atoms with Crippen molar-refractivity contribution in [3.63, 3.8) is 0 Å². The molecule has 0 bridgehead atoms. The van der Waals surface area contributed by atoms with Crippen LogP contribution in [-0.2, 0) is 9.59 Å². The van der Waals surface area contributed by atoms with Gasteiger partial charge in [-0.1, -0.05) is 17.9 Å². The molecule has 3 aromatic carbocycles. The summed E-state index contributed by atoms with van der Waals surface area (Å²) >= 11 is 0. The van der Waals surface area contributed by atoms with E-state index in [2.05, 4.69) is 39.6 Å². The number of benzene rings is 3. The largest absolute Gasteiger partial charge is 0.391 e. The quantitative estimate of drug-likeness (QED) is 0.151. The zero-order valence-corrected chi connectivity index (χ0v) is 20.8. The number of carbonyl (C=O) groups excluding carboxylic acids is 3. The number of aliphatic hydroxyl groups is 1. The lowest BCUT2D eigenvalue weighted by Crippen LogP contribution is -2.51. The number of halogens is 1. The molecular formula is C29H25FN4O5. The number of rotatable bonds is 8. The van der Waals surface area contributed by atoms with E-state index in [-0.39, 0.29) is 23.8 Å². The van der Waals surface area contributed by atoms with Crippen LogP contribution < -0.4 is 21.4 Å². The number of hydrogen-bond donors (Lipinski definition) is 6. The van der Waals surface area contributed by atoms with E-state index in [0.29, 0.717) is 22.5 Å². The van der Waals surface area contributed by atoms with E-state index >= 15 is 0 Å². The molecule has 0 spiro atoms. The van der Waals surface area contributed by atoms with E-state index in [0.717, 1.165) is 0 Å². The van der Waals surface area contributed by atoms with Gasteiger partial charge in [-0.2, -0.15) is 0 Å². The summed E-state index contributed by atoms with van der Waals surface area (Å²) in [7, 11) is 0. The van der Waals surface area contributed by atoms with E-state index in [1.165, 1.54) is 36.7 Å². The maximum absolute atomic E-state index is 13.2. The number of nitrogens with one attached hydrogen (secondary N) is 4. The van der Waals surface area contributed by atoms with Crippen molar-refractivity contribution in [2.75, 3.05) is 17.2 Å². The molecule has 0 aliphatic carbocycles. The van der Waals surface area contributed by atoms with E-state index in [9.17, 15) is 23.9 Å². The van der Waals surface area contributed by atoms with Gasteiger partial charge in [0.25, 0.3) is 11.8 Å². The van der Waals surface area contributed by atoms with Gasteiger partial charge < -0.3 is 21.1 Å². The van der Waals surface area contributed by atoms with E-state index in [1.807, 2.05) is 0 Å². The third-order valence-corrected chi connectivity index (χ3v) is 5.23. The highest BCUT2D eigenvalue weighted by Gasteiger charge is 2.25. The second-order valence-electron chi connectivity index (χ2n) is 8.23. The zero-order valence-electron chi connectivity index (χ0n) is 20.8. The van der Waals surface area contributed by atoms with Gasteiger partial charge in [0.15, 0.2) is 0 Å². The third-order valence-electron chi connectivity index (χ3n) is 5.23. The fraction of sp³-hybridized carbons (Fsp3) is 0.138. The molecule has 0 saturated heterocycles. The minimum absolute atomic E-state index is 0.0183. The van der Waals surface area contributed by atoms with Crippen LogP contribution in [-0.4, -0.2) is 46.7 Å². The lowest BCUT2D eigenvalue weighted by atomic mass is 10.1. The topological polar surface area (TPSA) is 140 Å². The van der Waals surface area contributed by atoms with Crippen molar-refractivity contribution in [3.05, 3.63) is 95.3 Å². The highest BCUT2D eigenvalue weighted by atomic mass is 19.1. The molecule has 6 N–H and O–H groups in total. The Morgan fingerprint density at radius 1 is 0.897 bits per heavy atom. The minimum Gasteiger partial charge on any atom is -0.391 e. The van der Waals surface area contributed by atoms with Gasteiger partial charge in [-0.3, -0.25) is 19.6 Å². The average molecular weight is 529 g/mol. The number of carbonyl (C=O) groups is 3. The summed E-state index contributed by atoms with van der Waals surface area (Å²) in [5.41, 5.74) is 4.02. The van der Waals surface area contributed by atoms with Crippen LogP contribution in [0.3, 0.4) is 0 Å². The molecule has 0 aromatic heterocycles. The molecule has 2 unspecified atom stereocenters. The normalized spacial score (nSPS) is 11.4. The summed E-state index contributed by atoms with van der Waals surface area (Å²) in [4.78, 5) is 36.0. The Bertz CT molecular complexity index is 1450. The number of aliphatic hydroxyl groups excluding tert-OH is 1. The summed E-state index contributed by atoms with van der Waals surface area (Å²) in [6.07, 6.45) is -1.21. The Morgan fingerprint density at radius 2 is 1.51 bits per heavy atom. The van der Waals surface area contributed by atoms with Gasteiger partial charge >= 0.3 is 0 Å². The first kappa shape index (κ1) is 28.4. The van der Waals surface area contributed by atoms with Gasteiger partial charge in [0.05, 0.1) is 12.6 Å². The molecule has 0 heterocycles. The van der Waals surface area contributed by atoms with Crippen molar-refractivity contribution in [2.24, 2.45) is 0 Å². The number of amides is 3. The second-order valence-corrected chi connectivity index (χ2v) is 8.23. The molecule has 3 aromatic rings. The van der Waals surface area contributed by atoms with Gasteiger partial charge in [0.1, 0.15) is 11.9 Å². The Labute approximate surface area is 224 Å². The van der Waals surface area contributed by atoms with Crippen LogP contribution in [0.1, 0.15) is 28.4 Å². The molecule has 39 heavy (non-hydrogen) atoms. The van der Waals surface area contributed by atoms with Crippen LogP contribution in [0.2, 0.25) is 0 Å². The molecule has 0 radical (unpaired) electrons. The Morgan fingerprint density at radius 3 is 2.08 bits per heavy atom. The molecule has 9 nitrogen and oxygen atoms in total. The highest BCUT2D eigenvalue weighted by molar-refractivity contribution is 5.97. The summed E-state index contributed by atoms with van der Waals surface area (Å²) in [6.45, 7) is 1.29. The number of hydrogen-bond acceptors (Lipinski definition) is 6. The van der Waals surface area contributed by atoms with Crippen LogP contribution in [0.5, 0.6) is 0 Å². The smallest absolute Gasteiger partial charge is 0.268 e. The van der Waals surface area contributed by atoms with E-state index < -0.39 is 24.0 Å². The molecule has 0 fully saturated rings. The molecule has 0 aliphatic heterocycles. The number of anilines is 2. The average Bonchev–Trinajstić information content (AvgIpc) is 2.93. The van der Waals surface area contributed by atoms with Crippen molar-refractivity contribution >= 4 is 29.1 Å². The maximum Gasteiger partial charge on any atom is 0.268 e. The first-order valence-corrected chi connectivity index (χ1v) is 11.7. The van der Waals surface area contributed by atoms with E-state index in [4.69, 9.17) is 5.21 Å². The van der Waals surface area contributed by atoms with Crippen LogP contribution in [0.4, 0.5) is 15.8 Å². The molecular weight excluding hydrogens is 503 g/mol. The zero-order chi connectivity index (χ0) is 28.2. The first-order chi connectivity index (χ1) is 18.7. The molecule has 10 heteroatoms. The second kappa shape index (κ2) is 14.0.